The molecule has 1 fully saturated rings. The molecule has 0 radical (unpaired) electrons. The minimum atomic E-state index is 0.310. The van der Waals surface area contributed by atoms with Crippen molar-refractivity contribution in [1.82, 2.24) is 15.3 Å². The van der Waals surface area contributed by atoms with Crippen LogP contribution in [0.2, 0.25) is 0 Å². The Labute approximate surface area is 83.7 Å². The third-order valence-electron chi connectivity index (χ3n) is 2.55. The molecule has 0 spiro atoms. The SMILES string of the molecule is CN[C@H]1C[C@H](Oc2cnc(C)cn2)C1. The topological polar surface area (TPSA) is 47.0 Å². The van der Waals surface area contributed by atoms with Crippen LogP contribution in [-0.4, -0.2) is 29.2 Å². The summed E-state index contributed by atoms with van der Waals surface area (Å²) in [6, 6.07) is 0.610. The maximum absolute atomic E-state index is 5.62. The van der Waals surface area contributed by atoms with Gasteiger partial charge in [-0.2, -0.15) is 0 Å². The van der Waals surface area contributed by atoms with Crippen LogP contribution in [0.5, 0.6) is 5.88 Å². The summed E-state index contributed by atoms with van der Waals surface area (Å²) in [7, 11) is 1.98. The number of rotatable bonds is 3. The highest BCUT2D eigenvalue weighted by Crippen LogP contribution is 2.24. The molecule has 0 saturated heterocycles. The van der Waals surface area contributed by atoms with E-state index in [1.54, 1.807) is 12.4 Å². The molecule has 4 heteroatoms. The molecule has 4 nitrogen and oxygen atoms in total. The molecule has 76 valence electrons. The Morgan fingerprint density at radius 1 is 1.36 bits per heavy atom. The van der Waals surface area contributed by atoms with Gasteiger partial charge in [0.25, 0.3) is 0 Å². The highest BCUT2D eigenvalue weighted by molar-refractivity contribution is 5.07. The second kappa shape index (κ2) is 3.92. The van der Waals surface area contributed by atoms with E-state index in [1.807, 2.05) is 14.0 Å². The van der Waals surface area contributed by atoms with Crippen molar-refractivity contribution in [2.45, 2.75) is 31.9 Å². The number of hydrogen-bond donors (Lipinski definition) is 1. The zero-order chi connectivity index (χ0) is 9.97. The van der Waals surface area contributed by atoms with Gasteiger partial charge in [0.15, 0.2) is 0 Å². The first-order valence-corrected chi connectivity index (χ1v) is 4.90. The molecule has 1 aliphatic rings. The monoisotopic (exact) mass is 193 g/mol. The van der Waals surface area contributed by atoms with Gasteiger partial charge in [-0.15, -0.1) is 0 Å². The average Bonchev–Trinajstić information content (AvgIpc) is 2.13. The average molecular weight is 193 g/mol. The molecule has 1 aromatic heterocycles. The predicted molar refractivity (Wildman–Crippen MR) is 53.3 cm³/mol. The highest BCUT2D eigenvalue weighted by atomic mass is 16.5. The lowest BCUT2D eigenvalue weighted by Crippen LogP contribution is -2.45. The van der Waals surface area contributed by atoms with E-state index < -0.39 is 0 Å². The Balaban J connectivity index is 1.84. The first-order chi connectivity index (χ1) is 6.78. The minimum absolute atomic E-state index is 0.310. The molecule has 0 unspecified atom stereocenters. The highest BCUT2D eigenvalue weighted by Gasteiger charge is 2.29. The number of nitrogens with zero attached hydrogens (tertiary/aromatic N) is 2. The molecule has 2 rings (SSSR count). The van der Waals surface area contributed by atoms with Gasteiger partial charge >= 0.3 is 0 Å². The third-order valence-corrected chi connectivity index (χ3v) is 2.55. The van der Waals surface area contributed by atoms with Gasteiger partial charge in [0.2, 0.25) is 5.88 Å². The van der Waals surface area contributed by atoms with Crippen LogP contribution >= 0.6 is 0 Å². The summed E-state index contributed by atoms with van der Waals surface area (Å²) >= 11 is 0. The van der Waals surface area contributed by atoms with E-state index in [-0.39, 0.29) is 0 Å². The molecule has 0 aliphatic heterocycles. The molecule has 1 aliphatic carbocycles. The van der Waals surface area contributed by atoms with Crippen molar-refractivity contribution in [3.63, 3.8) is 0 Å². The second-order valence-corrected chi connectivity index (χ2v) is 3.69. The lowest BCUT2D eigenvalue weighted by Gasteiger charge is -2.34. The molecule has 1 saturated carbocycles. The Bertz CT molecular complexity index is 293. The molecule has 0 aromatic carbocycles. The van der Waals surface area contributed by atoms with Crippen LogP contribution in [-0.2, 0) is 0 Å². The fourth-order valence-corrected chi connectivity index (χ4v) is 1.51. The zero-order valence-electron chi connectivity index (χ0n) is 8.53. The minimum Gasteiger partial charge on any atom is -0.473 e. The fourth-order valence-electron chi connectivity index (χ4n) is 1.51. The molecular weight excluding hydrogens is 178 g/mol. The molecule has 0 atom stereocenters. The van der Waals surface area contributed by atoms with E-state index in [1.165, 1.54) is 0 Å². The normalized spacial score (nSPS) is 25.6. The summed E-state index contributed by atoms with van der Waals surface area (Å²) in [6.07, 6.45) is 5.84. The van der Waals surface area contributed by atoms with Gasteiger partial charge in [0.05, 0.1) is 18.1 Å². The summed E-state index contributed by atoms with van der Waals surface area (Å²) in [6.45, 7) is 1.91. The molecule has 1 N–H and O–H groups in total. The second-order valence-electron chi connectivity index (χ2n) is 3.69. The van der Waals surface area contributed by atoms with E-state index >= 15 is 0 Å². The predicted octanol–water partition coefficient (Wildman–Crippen LogP) is 0.914. The summed E-state index contributed by atoms with van der Waals surface area (Å²) in [5.74, 6) is 0.634. The molecular formula is C10H15N3O. The first-order valence-electron chi connectivity index (χ1n) is 4.90. The Hall–Kier alpha value is -1.16. The lowest BCUT2D eigenvalue weighted by molar-refractivity contribution is 0.0834. The summed E-state index contributed by atoms with van der Waals surface area (Å²) < 4.78 is 5.62. The van der Waals surface area contributed by atoms with Crippen molar-refractivity contribution in [3.05, 3.63) is 18.1 Å². The molecule has 1 aromatic rings. The molecule has 0 amide bonds. The van der Waals surface area contributed by atoms with Crippen molar-refractivity contribution in [2.24, 2.45) is 0 Å². The van der Waals surface area contributed by atoms with Crippen LogP contribution in [0.3, 0.4) is 0 Å². The number of nitrogens with one attached hydrogen (secondary N) is 1. The largest absolute Gasteiger partial charge is 0.473 e. The summed E-state index contributed by atoms with van der Waals surface area (Å²) in [5, 5.41) is 3.21. The summed E-state index contributed by atoms with van der Waals surface area (Å²) in [4.78, 5) is 8.27. The number of aromatic nitrogens is 2. The summed E-state index contributed by atoms with van der Waals surface area (Å²) in [5.41, 5.74) is 0.916. The van der Waals surface area contributed by atoms with Crippen molar-refractivity contribution >= 4 is 0 Å². The van der Waals surface area contributed by atoms with Crippen LogP contribution < -0.4 is 10.1 Å². The van der Waals surface area contributed by atoms with E-state index in [2.05, 4.69) is 15.3 Å². The third kappa shape index (κ3) is 2.01. The van der Waals surface area contributed by atoms with E-state index in [4.69, 9.17) is 4.74 Å². The van der Waals surface area contributed by atoms with E-state index in [9.17, 15) is 0 Å². The number of ether oxygens (including phenoxy) is 1. The van der Waals surface area contributed by atoms with Crippen LogP contribution in [0, 0.1) is 6.92 Å². The maximum atomic E-state index is 5.62. The zero-order valence-corrected chi connectivity index (χ0v) is 8.53. The van der Waals surface area contributed by atoms with Gasteiger partial charge in [0, 0.05) is 6.04 Å². The van der Waals surface area contributed by atoms with Crippen molar-refractivity contribution in [1.29, 1.82) is 0 Å². The van der Waals surface area contributed by atoms with Crippen molar-refractivity contribution in [3.8, 4) is 5.88 Å². The van der Waals surface area contributed by atoms with Gasteiger partial charge in [0.1, 0.15) is 6.10 Å². The lowest BCUT2D eigenvalue weighted by atomic mass is 9.89. The van der Waals surface area contributed by atoms with E-state index in [0.717, 1.165) is 18.5 Å². The van der Waals surface area contributed by atoms with Crippen molar-refractivity contribution < 1.29 is 4.74 Å². The van der Waals surface area contributed by atoms with Crippen molar-refractivity contribution in [2.75, 3.05) is 7.05 Å². The van der Waals surface area contributed by atoms with Gasteiger partial charge in [-0.25, -0.2) is 4.98 Å². The smallest absolute Gasteiger partial charge is 0.232 e. The first kappa shape index (κ1) is 9.40. The van der Waals surface area contributed by atoms with Crippen LogP contribution in [0.15, 0.2) is 12.4 Å². The Kier molecular flexibility index (Phi) is 2.63. The molecule has 14 heavy (non-hydrogen) atoms. The number of hydrogen-bond acceptors (Lipinski definition) is 4. The van der Waals surface area contributed by atoms with E-state index in [0.29, 0.717) is 18.0 Å². The van der Waals surface area contributed by atoms with Gasteiger partial charge in [-0.05, 0) is 26.8 Å². The standard InChI is InChI=1S/C10H15N3O/c1-7-5-13-10(6-12-7)14-9-3-8(4-9)11-2/h5-6,8-9,11H,3-4H2,1-2H3/t8-,9-. The van der Waals surface area contributed by atoms with Gasteiger partial charge in [-0.1, -0.05) is 0 Å². The van der Waals surface area contributed by atoms with Crippen LogP contribution in [0.1, 0.15) is 18.5 Å². The molecule has 1 heterocycles. The van der Waals surface area contributed by atoms with Gasteiger partial charge in [-0.3, -0.25) is 4.98 Å². The fraction of sp³-hybridized carbons (Fsp3) is 0.600. The van der Waals surface area contributed by atoms with Crippen LogP contribution in [0.25, 0.3) is 0 Å². The Morgan fingerprint density at radius 3 is 2.71 bits per heavy atom. The number of aryl methyl sites for hydroxylation is 1. The van der Waals surface area contributed by atoms with Crippen LogP contribution in [0.4, 0.5) is 0 Å². The molecule has 0 bridgehead atoms. The van der Waals surface area contributed by atoms with Gasteiger partial charge < -0.3 is 10.1 Å². The Morgan fingerprint density at radius 2 is 2.14 bits per heavy atom. The maximum Gasteiger partial charge on any atom is 0.232 e. The quantitative estimate of drug-likeness (QED) is 0.775.